The summed E-state index contributed by atoms with van der Waals surface area (Å²) >= 11 is 0. The molecule has 0 amide bonds. The number of allylic oxidation sites excluding steroid dienone is 12. The minimum Gasteiger partial charge on any atom is -0.396 e. The Morgan fingerprint density at radius 2 is 1.37 bits per heavy atom. The molecule has 0 fully saturated rings. The van der Waals surface area contributed by atoms with Crippen molar-refractivity contribution < 1.29 is 0 Å². The van der Waals surface area contributed by atoms with Gasteiger partial charge in [0.15, 0.2) is 0 Å². The van der Waals surface area contributed by atoms with Crippen LogP contribution in [0.1, 0.15) is 48.3 Å². The molecule has 3 aromatic carbocycles. The minimum atomic E-state index is 0.206. The van der Waals surface area contributed by atoms with Gasteiger partial charge in [0.1, 0.15) is 5.69 Å². The molecule has 0 saturated heterocycles. The highest BCUT2D eigenvalue weighted by atomic mass is 15.1. The number of azo groups is 1. The lowest BCUT2D eigenvalue weighted by Gasteiger charge is -2.22. The molecule has 3 aliphatic rings. The first kappa shape index (κ1) is 32.0. The average molecular weight is 662 g/mol. The number of anilines is 1. The summed E-state index contributed by atoms with van der Waals surface area (Å²) in [6.07, 6.45) is 26.5. The first-order valence-corrected chi connectivity index (χ1v) is 17.7. The molecule has 5 nitrogen and oxygen atoms in total. The molecule has 8 rings (SSSR count). The molecule has 3 aliphatic carbocycles. The lowest BCUT2D eigenvalue weighted by atomic mass is 9.83. The van der Waals surface area contributed by atoms with Crippen molar-refractivity contribution in [1.82, 2.24) is 9.97 Å². The molecule has 2 unspecified atom stereocenters. The molecule has 0 spiro atoms. The Kier molecular flexibility index (Phi) is 9.25. The Bertz CT molecular complexity index is 2250. The summed E-state index contributed by atoms with van der Waals surface area (Å²) in [6.45, 7) is 0. The van der Waals surface area contributed by atoms with Crippen molar-refractivity contribution >= 4 is 28.2 Å². The Morgan fingerprint density at radius 3 is 2.12 bits per heavy atom. The van der Waals surface area contributed by atoms with Crippen molar-refractivity contribution in [2.24, 2.45) is 16.1 Å². The second-order valence-electron chi connectivity index (χ2n) is 13.1. The fourth-order valence-electron chi connectivity index (χ4n) is 6.95. The van der Waals surface area contributed by atoms with Gasteiger partial charge < -0.3 is 5.73 Å². The minimum absolute atomic E-state index is 0.206. The monoisotopic (exact) mass is 661 g/mol. The van der Waals surface area contributed by atoms with Gasteiger partial charge in [-0.3, -0.25) is 4.98 Å². The topological polar surface area (TPSA) is 76.5 Å². The van der Waals surface area contributed by atoms with Gasteiger partial charge in [0.2, 0.25) is 0 Å². The van der Waals surface area contributed by atoms with E-state index in [9.17, 15) is 0 Å². The van der Waals surface area contributed by atoms with Gasteiger partial charge in [0.25, 0.3) is 0 Å². The number of pyridine rings is 2. The van der Waals surface area contributed by atoms with E-state index in [4.69, 9.17) is 15.8 Å². The largest absolute Gasteiger partial charge is 0.396 e. The van der Waals surface area contributed by atoms with Gasteiger partial charge in [-0.2, -0.15) is 5.11 Å². The van der Waals surface area contributed by atoms with Crippen molar-refractivity contribution in [1.29, 1.82) is 0 Å². The number of nitrogens with zero attached hydrogens (tertiary/aromatic N) is 4. The molecule has 0 bridgehead atoms. The molecule has 2 atom stereocenters. The van der Waals surface area contributed by atoms with Gasteiger partial charge >= 0.3 is 0 Å². The van der Waals surface area contributed by atoms with Crippen LogP contribution in [0.25, 0.3) is 33.8 Å². The number of hydrogen-bond donors (Lipinski definition) is 1. The highest BCUT2D eigenvalue weighted by Crippen LogP contribution is 2.41. The molecule has 51 heavy (non-hydrogen) atoms. The average Bonchev–Trinajstić information content (AvgIpc) is 3.22. The first-order chi connectivity index (χ1) is 25.2. The third kappa shape index (κ3) is 7.24. The quantitative estimate of drug-likeness (QED) is 0.133. The van der Waals surface area contributed by atoms with E-state index in [-0.39, 0.29) is 5.92 Å². The highest BCUT2D eigenvalue weighted by Gasteiger charge is 2.20. The number of nitrogens with two attached hydrogens (primary N) is 1. The number of nitrogen functional groups attached to an aromatic ring is 1. The SMILES string of the molecule is Nc1c(N=Nc2ccc(-c3cccc(-c4ccccn4)n3)cc2)cc(C2C=CC(c3ccccc3)=CC2)cc1C1=CCC(C2=CCCC=C2)C=C1. The second kappa shape index (κ2) is 14.7. The van der Waals surface area contributed by atoms with Crippen LogP contribution in [-0.2, 0) is 0 Å². The predicted octanol–water partition coefficient (Wildman–Crippen LogP) is 12.2. The van der Waals surface area contributed by atoms with Crippen LogP contribution >= 0.6 is 0 Å². The number of hydrogen-bond acceptors (Lipinski definition) is 5. The van der Waals surface area contributed by atoms with Crippen LogP contribution in [0.5, 0.6) is 0 Å². The van der Waals surface area contributed by atoms with E-state index in [1.54, 1.807) is 6.20 Å². The smallest absolute Gasteiger partial charge is 0.109 e. The van der Waals surface area contributed by atoms with E-state index in [0.29, 0.717) is 17.3 Å². The first-order valence-electron chi connectivity index (χ1n) is 17.7. The maximum Gasteiger partial charge on any atom is 0.109 e. The van der Waals surface area contributed by atoms with E-state index in [1.807, 2.05) is 60.7 Å². The molecule has 2 N–H and O–H groups in total. The molecule has 0 radical (unpaired) electrons. The number of rotatable bonds is 8. The van der Waals surface area contributed by atoms with Crippen molar-refractivity contribution in [3.63, 3.8) is 0 Å². The van der Waals surface area contributed by atoms with Crippen molar-refractivity contribution in [2.75, 3.05) is 5.73 Å². The zero-order valence-electron chi connectivity index (χ0n) is 28.4. The van der Waals surface area contributed by atoms with Gasteiger partial charge in [-0.05, 0) is 102 Å². The van der Waals surface area contributed by atoms with Crippen LogP contribution in [-0.4, -0.2) is 9.97 Å². The van der Waals surface area contributed by atoms with Crippen LogP contribution in [0.4, 0.5) is 17.1 Å². The summed E-state index contributed by atoms with van der Waals surface area (Å²) in [7, 11) is 0. The molecule has 5 heteroatoms. The van der Waals surface area contributed by atoms with Gasteiger partial charge in [0.05, 0.1) is 28.5 Å². The van der Waals surface area contributed by atoms with Gasteiger partial charge in [0, 0.05) is 29.2 Å². The van der Waals surface area contributed by atoms with E-state index < -0.39 is 0 Å². The fourth-order valence-corrected chi connectivity index (χ4v) is 6.95. The number of benzene rings is 3. The summed E-state index contributed by atoms with van der Waals surface area (Å²) < 4.78 is 0. The molecule has 248 valence electrons. The molecule has 2 heterocycles. The molecule has 0 saturated carbocycles. The van der Waals surface area contributed by atoms with Crippen molar-refractivity contribution in [2.45, 2.75) is 31.6 Å². The van der Waals surface area contributed by atoms with Crippen LogP contribution in [0.15, 0.2) is 180 Å². The second-order valence-corrected chi connectivity index (χ2v) is 13.1. The molecular weight excluding hydrogens is 623 g/mol. The Morgan fingerprint density at radius 1 is 0.608 bits per heavy atom. The fraction of sp³-hybridized carbons (Fsp3) is 0.130. The Labute approximate surface area is 299 Å². The third-order valence-corrected chi connectivity index (χ3v) is 9.79. The normalized spacial score (nSPS) is 18.4. The van der Waals surface area contributed by atoms with Gasteiger partial charge in [-0.25, -0.2) is 4.98 Å². The maximum atomic E-state index is 6.92. The summed E-state index contributed by atoms with van der Waals surface area (Å²) in [5.41, 5.74) is 19.7. The third-order valence-electron chi connectivity index (χ3n) is 9.79. The van der Waals surface area contributed by atoms with Crippen LogP contribution in [0, 0.1) is 5.92 Å². The standard InChI is InChI=1S/C46H39N5/c47-46-41(37-23-21-35(22-24-37)33-12-5-2-6-13-33)30-39(36-19-17-34(18-20-36)32-10-3-1-4-11-32)31-45(46)51-50-40-27-25-38(26-28-40)42-15-9-16-44(49-42)43-14-7-8-29-48-43/h1,3-5,7-19,21,23-31,35-36H,2,6,20,22,47H2. The summed E-state index contributed by atoms with van der Waals surface area (Å²) in [5, 5.41) is 9.43. The maximum absolute atomic E-state index is 6.92. The van der Waals surface area contributed by atoms with Crippen molar-refractivity contribution in [3.8, 4) is 22.6 Å². The van der Waals surface area contributed by atoms with Crippen LogP contribution in [0.2, 0.25) is 0 Å². The lowest BCUT2D eigenvalue weighted by molar-refractivity contribution is 0.773. The van der Waals surface area contributed by atoms with E-state index in [1.165, 1.54) is 22.3 Å². The summed E-state index contributed by atoms with van der Waals surface area (Å²) in [5.74, 6) is 0.602. The predicted molar refractivity (Wildman–Crippen MR) is 211 cm³/mol. The van der Waals surface area contributed by atoms with E-state index in [2.05, 4.69) is 107 Å². The van der Waals surface area contributed by atoms with Crippen LogP contribution in [0.3, 0.4) is 0 Å². The van der Waals surface area contributed by atoms with Crippen LogP contribution < -0.4 is 5.73 Å². The van der Waals surface area contributed by atoms with Gasteiger partial charge in [-0.1, -0.05) is 109 Å². The number of aromatic nitrogens is 2. The van der Waals surface area contributed by atoms with E-state index >= 15 is 0 Å². The molecule has 2 aromatic heterocycles. The zero-order valence-corrected chi connectivity index (χ0v) is 28.4. The summed E-state index contributed by atoms with van der Waals surface area (Å²) in [4.78, 5) is 9.30. The Balaban J connectivity index is 1.07. The van der Waals surface area contributed by atoms with E-state index in [0.717, 1.165) is 65.2 Å². The van der Waals surface area contributed by atoms with Gasteiger partial charge in [-0.15, -0.1) is 5.11 Å². The highest BCUT2D eigenvalue weighted by molar-refractivity contribution is 5.87. The zero-order chi connectivity index (χ0) is 34.4. The summed E-state index contributed by atoms with van der Waals surface area (Å²) in [6, 6.07) is 34.7. The lowest BCUT2D eigenvalue weighted by Crippen LogP contribution is -2.06. The molecular formula is C46H39N5. The van der Waals surface area contributed by atoms with Crippen molar-refractivity contribution in [3.05, 3.63) is 186 Å². The molecule has 0 aliphatic heterocycles. The molecule has 5 aromatic rings. The Hall–Kier alpha value is -6.20.